The lowest BCUT2D eigenvalue weighted by Gasteiger charge is -2.17. The molecule has 1 aromatic carbocycles. The molecule has 2 rings (SSSR count). The molecule has 1 aliphatic rings. The van der Waals surface area contributed by atoms with E-state index in [9.17, 15) is 9.59 Å². The maximum Gasteiger partial charge on any atom is 0.324 e. The molecule has 0 saturated carbocycles. The maximum atomic E-state index is 12.0. The first kappa shape index (κ1) is 13.8. The fraction of sp³-hybridized carbons (Fsp3) is 0.385. The standard InChI is InChI=1S/C13H16ClN3O2/c1-16(8-10-4-2-3-5-11(10)14)9-12(18)17-7-6-15-13(17)19/h2-5H,6-9H2,1H3,(H,15,19)/p+1. The van der Waals surface area contributed by atoms with Crippen LogP contribution < -0.4 is 10.2 Å². The molecule has 6 heteroatoms. The fourth-order valence-corrected chi connectivity index (χ4v) is 2.30. The van der Waals surface area contributed by atoms with Gasteiger partial charge in [0.25, 0.3) is 5.91 Å². The molecular weight excluding hydrogens is 266 g/mol. The maximum absolute atomic E-state index is 12.0. The molecule has 0 radical (unpaired) electrons. The van der Waals surface area contributed by atoms with E-state index in [0.717, 1.165) is 10.5 Å². The van der Waals surface area contributed by atoms with Crippen molar-refractivity contribution in [2.24, 2.45) is 0 Å². The summed E-state index contributed by atoms with van der Waals surface area (Å²) in [6, 6.07) is 7.28. The largest absolute Gasteiger partial charge is 0.336 e. The van der Waals surface area contributed by atoms with Crippen molar-refractivity contribution in [2.75, 3.05) is 26.7 Å². The zero-order valence-electron chi connectivity index (χ0n) is 10.8. The van der Waals surface area contributed by atoms with Crippen molar-refractivity contribution in [2.45, 2.75) is 6.54 Å². The Kier molecular flexibility index (Phi) is 4.39. The van der Waals surface area contributed by atoms with Crippen LogP contribution in [-0.2, 0) is 11.3 Å². The van der Waals surface area contributed by atoms with Crippen LogP contribution in [0.1, 0.15) is 5.56 Å². The first-order valence-electron chi connectivity index (χ1n) is 6.21. The van der Waals surface area contributed by atoms with Crippen molar-refractivity contribution < 1.29 is 14.5 Å². The van der Waals surface area contributed by atoms with E-state index < -0.39 is 0 Å². The second-order valence-electron chi connectivity index (χ2n) is 4.68. The minimum absolute atomic E-state index is 0.153. The molecule has 1 atom stereocenters. The van der Waals surface area contributed by atoms with Crippen LogP contribution in [-0.4, -0.2) is 43.5 Å². The topological polar surface area (TPSA) is 53.9 Å². The number of rotatable bonds is 4. The van der Waals surface area contributed by atoms with Gasteiger partial charge in [0.2, 0.25) is 0 Å². The van der Waals surface area contributed by atoms with Gasteiger partial charge in [-0.15, -0.1) is 0 Å². The van der Waals surface area contributed by atoms with Gasteiger partial charge in [-0.3, -0.25) is 9.69 Å². The monoisotopic (exact) mass is 282 g/mol. The number of urea groups is 1. The SMILES string of the molecule is C[NH+](CC(=O)N1CCNC1=O)Cc1ccccc1Cl. The summed E-state index contributed by atoms with van der Waals surface area (Å²) in [7, 11) is 1.91. The highest BCUT2D eigenvalue weighted by Crippen LogP contribution is 2.13. The number of quaternary nitrogens is 1. The van der Waals surface area contributed by atoms with E-state index in [1.54, 1.807) is 0 Å². The van der Waals surface area contributed by atoms with Gasteiger partial charge in [0.15, 0.2) is 6.54 Å². The van der Waals surface area contributed by atoms with E-state index in [0.29, 0.717) is 24.7 Å². The highest BCUT2D eigenvalue weighted by atomic mass is 35.5. The minimum Gasteiger partial charge on any atom is -0.336 e. The van der Waals surface area contributed by atoms with Gasteiger partial charge >= 0.3 is 6.03 Å². The van der Waals surface area contributed by atoms with Gasteiger partial charge in [-0.05, 0) is 6.07 Å². The zero-order chi connectivity index (χ0) is 13.8. The number of carbonyl (C=O) groups is 2. The van der Waals surface area contributed by atoms with Crippen LogP contribution in [0.2, 0.25) is 5.02 Å². The molecule has 3 amide bonds. The molecule has 2 N–H and O–H groups in total. The number of nitrogens with zero attached hydrogens (tertiary/aromatic N) is 1. The van der Waals surface area contributed by atoms with E-state index in [4.69, 9.17) is 11.6 Å². The molecule has 0 aromatic heterocycles. The Morgan fingerprint density at radius 3 is 2.84 bits per heavy atom. The predicted molar refractivity (Wildman–Crippen MR) is 72.0 cm³/mol. The quantitative estimate of drug-likeness (QED) is 0.811. The molecule has 0 spiro atoms. The van der Waals surface area contributed by atoms with Gasteiger partial charge in [0.1, 0.15) is 6.54 Å². The molecule has 0 bridgehead atoms. The number of halogens is 1. The average molecular weight is 283 g/mol. The Bertz CT molecular complexity index is 493. The number of amides is 3. The molecule has 1 unspecified atom stereocenters. The molecular formula is C13H17ClN3O2+. The number of carbonyl (C=O) groups excluding carboxylic acids is 2. The van der Waals surface area contributed by atoms with Gasteiger partial charge in [-0.1, -0.05) is 29.8 Å². The van der Waals surface area contributed by atoms with Crippen molar-refractivity contribution in [1.29, 1.82) is 0 Å². The Labute approximate surface area is 117 Å². The van der Waals surface area contributed by atoms with Crippen LogP contribution in [0, 0.1) is 0 Å². The summed E-state index contributed by atoms with van der Waals surface area (Å²) < 4.78 is 0. The lowest BCUT2D eigenvalue weighted by molar-refractivity contribution is -0.885. The normalized spacial score (nSPS) is 16.3. The summed E-state index contributed by atoms with van der Waals surface area (Å²) in [5.41, 5.74) is 1.00. The molecule has 19 heavy (non-hydrogen) atoms. The van der Waals surface area contributed by atoms with Crippen molar-refractivity contribution >= 4 is 23.5 Å². The van der Waals surface area contributed by atoms with Crippen molar-refractivity contribution in [3.63, 3.8) is 0 Å². The second kappa shape index (κ2) is 6.04. The van der Waals surface area contributed by atoms with E-state index in [1.807, 2.05) is 31.3 Å². The molecule has 102 valence electrons. The Hall–Kier alpha value is -1.59. The van der Waals surface area contributed by atoms with Gasteiger partial charge in [-0.2, -0.15) is 0 Å². The van der Waals surface area contributed by atoms with Crippen LogP contribution in [0.3, 0.4) is 0 Å². The number of likely N-dealkylation sites (N-methyl/N-ethyl adjacent to an activating group) is 1. The smallest absolute Gasteiger partial charge is 0.324 e. The van der Waals surface area contributed by atoms with Gasteiger partial charge in [-0.25, -0.2) is 4.79 Å². The lowest BCUT2D eigenvalue weighted by atomic mass is 10.2. The van der Waals surface area contributed by atoms with Crippen LogP contribution in [0.25, 0.3) is 0 Å². The number of nitrogens with one attached hydrogen (secondary N) is 2. The first-order valence-corrected chi connectivity index (χ1v) is 6.58. The van der Waals surface area contributed by atoms with Crippen LogP contribution in [0.5, 0.6) is 0 Å². The average Bonchev–Trinajstić information content (AvgIpc) is 2.78. The van der Waals surface area contributed by atoms with E-state index >= 15 is 0 Å². The highest BCUT2D eigenvalue weighted by molar-refractivity contribution is 6.31. The minimum atomic E-state index is -0.296. The summed E-state index contributed by atoms with van der Waals surface area (Å²) in [4.78, 5) is 25.6. The van der Waals surface area contributed by atoms with Gasteiger partial charge in [0, 0.05) is 23.7 Å². The molecule has 1 heterocycles. The van der Waals surface area contributed by atoms with Crippen LogP contribution in [0.15, 0.2) is 24.3 Å². The van der Waals surface area contributed by atoms with Gasteiger partial charge < -0.3 is 10.2 Å². The van der Waals surface area contributed by atoms with Crippen molar-refractivity contribution in [3.8, 4) is 0 Å². The summed E-state index contributed by atoms with van der Waals surface area (Å²) >= 11 is 6.08. The third kappa shape index (κ3) is 3.45. The lowest BCUT2D eigenvalue weighted by Crippen LogP contribution is -3.08. The van der Waals surface area contributed by atoms with E-state index in [1.165, 1.54) is 4.90 Å². The van der Waals surface area contributed by atoms with Crippen LogP contribution in [0.4, 0.5) is 4.79 Å². The Morgan fingerprint density at radius 2 is 2.21 bits per heavy atom. The van der Waals surface area contributed by atoms with Crippen molar-refractivity contribution in [3.05, 3.63) is 34.9 Å². The van der Waals surface area contributed by atoms with Gasteiger partial charge in [0.05, 0.1) is 7.05 Å². The van der Waals surface area contributed by atoms with E-state index in [-0.39, 0.29) is 18.5 Å². The molecule has 1 aromatic rings. The fourth-order valence-electron chi connectivity index (χ4n) is 2.09. The number of benzene rings is 1. The highest BCUT2D eigenvalue weighted by Gasteiger charge is 2.28. The molecule has 1 saturated heterocycles. The number of hydrogen-bond acceptors (Lipinski definition) is 2. The summed E-state index contributed by atoms with van der Waals surface area (Å²) in [5.74, 6) is -0.153. The first-order chi connectivity index (χ1) is 9.08. The third-order valence-electron chi connectivity index (χ3n) is 3.06. The summed E-state index contributed by atoms with van der Waals surface area (Å²) in [6.07, 6.45) is 0. The Morgan fingerprint density at radius 1 is 1.47 bits per heavy atom. The second-order valence-corrected chi connectivity index (χ2v) is 5.09. The molecule has 1 aliphatic heterocycles. The predicted octanol–water partition coefficient (Wildman–Crippen LogP) is -0.0935. The number of hydrogen-bond donors (Lipinski definition) is 2. The van der Waals surface area contributed by atoms with Crippen LogP contribution >= 0.6 is 11.6 Å². The van der Waals surface area contributed by atoms with E-state index in [2.05, 4.69) is 5.32 Å². The number of imide groups is 1. The molecule has 1 fully saturated rings. The zero-order valence-corrected chi connectivity index (χ0v) is 11.5. The Balaban J connectivity index is 1.91. The van der Waals surface area contributed by atoms with Crippen molar-refractivity contribution in [1.82, 2.24) is 10.2 Å². The third-order valence-corrected chi connectivity index (χ3v) is 3.43. The molecule has 5 nitrogen and oxygen atoms in total. The summed E-state index contributed by atoms with van der Waals surface area (Å²) in [6.45, 7) is 1.92. The molecule has 0 aliphatic carbocycles. The summed E-state index contributed by atoms with van der Waals surface area (Å²) in [5, 5.41) is 3.32.